The van der Waals surface area contributed by atoms with Gasteiger partial charge in [0.2, 0.25) is 15.9 Å². The van der Waals surface area contributed by atoms with Crippen LogP contribution >= 0.6 is 0 Å². The lowest BCUT2D eigenvalue weighted by atomic mass is 9.91. The van der Waals surface area contributed by atoms with E-state index in [9.17, 15) is 26.4 Å². The summed E-state index contributed by atoms with van der Waals surface area (Å²) in [7, 11) is -6.24. The number of sulfonamides is 1. The summed E-state index contributed by atoms with van der Waals surface area (Å²) in [5.41, 5.74) is -0.819. The molecular formula is C25H48N2O6S2. The Morgan fingerprint density at radius 3 is 1.17 bits per heavy atom. The first-order valence-electron chi connectivity index (χ1n) is 10.9. The number of rotatable bonds is 6. The Balaban J connectivity index is -0.000000184. The van der Waals surface area contributed by atoms with Gasteiger partial charge in [-0.3, -0.25) is 9.59 Å². The molecule has 0 aliphatic rings. The van der Waals surface area contributed by atoms with Gasteiger partial charge in [0.05, 0.1) is 5.25 Å². The fraction of sp³-hybridized carbons (Fsp3) is 0.600. The highest BCUT2D eigenvalue weighted by molar-refractivity contribution is 7.94. The number of nitrogens with one attached hydrogen (secondary N) is 2. The van der Waals surface area contributed by atoms with E-state index in [1.54, 1.807) is 34.6 Å². The molecule has 0 aliphatic heterocycles. The summed E-state index contributed by atoms with van der Waals surface area (Å²) in [4.78, 5) is 21.3. The normalized spacial score (nSPS) is 11.7. The van der Waals surface area contributed by atoms with Crippen molar-refractivity contribution in [1.82, 2.24) is 10.0 Å². The van der Waals surface area contributed by atoms with Crippen molar-refractivity contribution < 1.29 is 26.4 Å². The van der Waals surface area contributed by atoms with E-state index in [-0.39, 0.29) is 27.9 Å². The summed E-state index contributed by atoms with van der Waals surface area (Å²) < 4.78 is 45.1. The zero-order valence-corrected chi connectivity index (χ0v) is 25.1. The Kier molecular flexibility index (Phi) is 19.0. The van der Waals surface area contributed by atoms with Crippen LogP contribution < -0.4 is 10.0 Å². The average Bonchev–Trinajstić information content (AvgIpc) is 2.64. The molecule has 0 radical (unpaired) electrons. The smallest absolute Gasteiger partial charge is 0.243 e. The van der Waals surface area contributed by atoms with Crippen LogP contribution in [0.3, 0.4) is 0 Å². The Morgan fingerprint density at radius 1 is 0.714 bits per heavy atom. The zero-order valence-electron chi connectivity index (χ0n) is 23.5. The van der Waals surface area contributed by atoms with Crippen molar-refractivity contribution in [3.8, 4) is 0 Å². The van der Waals surface area contributed by atoms with Crippen molar-refractivity contribution >= 4 is 31.6 Å². The van der Waals surface area contributed by atoms with E-state index in [1.165, 1.54) is 12.2 Å². The van der Waals surface area contributed by atoms with Crippen LogP contribution in [-0.4, -0.2) is 44.9 Å². The van der Waals surface area contributed by atoms with E-state index in [0.717, 1.165) is 10.8 Å². The second kappa shape index (κ2) is 16.6. The van der Waals surface area contributed by atoms with Crippen molar-refractivity contribution in [2.24, 2.45) is 5.41 Å². The summed E-state index contributed by atoms with van der Waals surface area (Å²) >= 11 is 0. The fourth-order valence-corrected chi connectivity index (χ4v) is 2.71. The number of hydrogen-bond acceptors (Lipinski definition) is 6. The minimum absolute atomic E-state index is 0.0949. The maximum absolute atomic E-state index is 10.8. The van der Waals surface area contributed by atoms with Crippen molar-refractivity contribution in [1.29, 1.82) is 0 Å². The molecule has 206 valence electrons. The molecule has 0 atom stereocenters. The molecule has 10 heteroatoms. The molecule has 0 unspecified atom stereocenters. The number of carbonyl (C=O) groups is 2. The van der Waals surface area contributed by atoms with Gasteiger partial charge in [-0.15, -0.1) is 0 Å². The number of hydrogen-bond donors (Lipinski definition) is 2. The van der Waals surface area contributed by atoms with Gasteiger partial charge in [0.15, 0.2) is 15.6 Å². The summed E-state index contributed by atoms with van der Waals surface area (Å²) in [6.45, 7) is 33.0. The average molecular weight is 537 g/mol. The van der Waals surface area contributed by atoms with Crippen molar-refractivity contribution in [2.45, 2.75) is 92.5 Å². The lowest BCUT2D eigenvalue weighted by Gasteiger charge is -2.18. The molecule has 0 aromatic rings. The van der Waals surface area contributed by atoms with Gasteiger partial charge in [-0.1, -0.05) is 47.1 Å². The van der Waals surface area contributed by atoms with E-state index in [1.807, 2.05) is 41.5 Å². The summed E-state index contributed by atoms with van der Waals surface area (Å²) in [5.74, 6) is -0.0278. The molecule has 0 aromatic carbocycles. The molecule has 0 heterocycles. The third-order valence-corrected chi connectivity index (χ3v) is 6.28. The molecule has 8 nitrogen and oxygen atoms in total. The largest absolute Gasteiger partial charge is 0.348 e. The maximum atomic E-state index is 10.8. The zero-order chi connectivity index (χ0) is 29.5. The van der Waals surface area contributed by atoms with Gasteiger partial charge in [0.25, 0.3) is 0 Å². The third kappa shape index (κ3) is 29.9. The molecule has 35 heavy (non-hydrogen) atoms. The van der Waals surface area contributed by atoms with Gasteiger partial charge < -0.3 is 5.32 Å². The van der Waals surface area contributed by atoms with Gasteiger partial charge in [0, 0.05) is 27.3 Å². The van der Waals surface area contributed by atoms with E-state index in [0.29, 0.717) is 0 Å². The van der Waals surface area contributed by atoms with Gasteiger partial charge in [0.1, 0.15) is 0 Å². The first-order chi connectivity index (χ1) is 15.2. The Bertz CT molecular complexity index is 910. The molecule has 1 amide bonds. The first kappa shape index (κ1) is 40.1. The highest BCUT2D eigenvalue weighted by Gasteiger charge is 2.17. The summed E-state index contributed by atoms with van der Waals surface area (Å²) in [5, 5.41) is 4.26. The van der Waals surface area contributed by atoms with Crippen LogP contribution in [0.1, 0.15) is 76.2 Å². The number of amides is 1. The van der Waals surface area contributed by atoms with Crippen LogP contribution in [0, 0.1) is 5.41 Å². The molecular weight excluding hydrogens is 488 g/mol. The molecule has 0 bridgehead atoms. The second-order valence-corrected chi connectivity index (χ2v) is 14.7. The molecule has 0 fully saturated rings. The number of carbonyl (C=O) groups excluding carboxylic acids is 2. The molecule has 0 saturated carbocycles. The van der Waals surface area contributed by atoms with Crippen LogP contribution in [0.15, 0.2) is 49.3 Å². The van der Waals surface area contributed by atoms with Gasteiger partial charge in [-0.25, -0.2) is 21.6 Å². The van der Waals surface area contributed by atoms with Crippen LogP contribution in [0.2, 0.25) is 0 Å². The predicted molar refractivity (Wildman–Crippen MR) is 149 cm³/mol. The monoisotopic (exact) mass is 536 g/mol. The number of sulfone groups is 1. The molecule has 2 N–H and O–H groups in total. The van der Waals surface area contributed by atoms with Crippen molar-refractivity contribution in [3.05, 3.63) is 49.3 Å². The van der Waals surface area contributed by atoms with Gasteiger partial charge >= 0.3 is 0 Å². The Hall–Kier alpha value is -2.04. The predicted octanol–water partition coefficient (Wildman–Crippen LogP) is 4.68. The standard InChI is InChI=1S/C7H13NO.C7H12O.C6H13NO2S.C5H10O2S/c1-5-6(9)8-7(2,3)4;1-5-6(8)7(2,3)4;1-5-10(8,9)7-6(2,3)4;1-4-8(6,7)5(2)3/h5H,1H2,2-4H3,(H,8,9);5H,1H2,2-4H3;5,7H,1H2,2-4H3;4-5H,1H2,2-3H3. The van der Waals surface area contributed by atoms with Crippen LogP contribution in [0.5, 0.6) is 0 Å². The van der Waals surface area contributed by atoms with E-state index >= 15 is 0 Å². The van der Waals surface area contributed by atoms with E-state index in [4.69, 9.17) is 0 Å². The number of allylic oxidation sites excluding steroid dienone is 1. The van der Waals surface area contributed by atoms with Crippen molar-refractivity contribution in [2.75, 3.05) is 0 Å². The van der Waals surface area contributed by atoms with Crippen LogP contribution in [0.4, 0.5) is 0 Å². The summed E-state index contributed by atoms with van der Waals surface area (Å²) in [6.07, 6.45) is 2.63. The van der Waals surface area contributed by atoms with E-state index in [2.05, 4.69) is 36.4 Å². The molecule has 0 aromatic heterocycles. The topological polar surface area (TPSA) is 126 Å². The molecule has 0 saturated heterocycles. The van der Waals surface area contributed by atoms with Gasteiger partial charge in [-0.05, 0) is 67.5 Å². The minimum Gasteiger partial charge on any atom is -0.348 e. The SMILES string of the molecule is C=CC(=O)C(C)(C)C.C=CC(=O)NC(C)(C)C.C=CS(=O)(=O)C(C)C.C=CS(=O)(=O)NC(C)(C)C. The fourth-order valence-electron chi connectivity index (χ4n) is 1.39. The quantitative estimate of drug-likeness (QED) is 0.475. The lowest BCUT2D eigenvalue weighted by molar-refractivity contribution is -0.121. The molecule has 0 aliphatic carbocycles. The summed E-state index contributed by atoms with van der Waals surface area (Å²) in [6, 6.07) is 0. The second-order valence-electron chi connectivity index (χ2n) is 10.6. The first-order valence-corrected chi connectivity index (χ1v) is 14.0. The Labute approximate surface area is 215 Å². The molecule has 0 spiro atoms. The highest BCUT2D eigenvalue weighted by Crippen LogP contribution is 2.14. The molecule has 0 rings (SSSR count). The third-order valence-electron chi connectivity index (χ3n) is 3.17. The van der Waals surface area contributed by atoms with Crippen LogP contribution in [0.25, 0.3) is 0 Å². The lowest BCUT2D eigenvalue weighted by Crippen LogP contribution is -2.39. The van der Waals surface area contributed by atoms with Crippen molar-refractivity contribution in [3.63, 3.8) is 0 Å². The number of ketones is 1. The van der Waals surface area contributed by atoms with Crippen LogP contribution in [-0.2, 0) is 29.4 Å². The highest BCUT2D eigenvalue weighted by atomic mass is 32.2. The Morgan fingerprint density at radius 2 is 1.11 bits per heavy atom. The van der Waals surface area contributed by atoms with Gasteiger partial charge in [-0.2, -0.15) is 0 Å². The maximum Gasteiger partial charge on any atom is 0.243 e. The van der Waals surface area contributed by atoms with E-state index < -0.39 is 25.4 Å². The minimum atomic E-state index is -3.26.